The molecule has 1 heterocycles. The minimum absolute atomic E-state index is 0.0961. The lowest BCUT2D eigenvalue weighted by atomic mass is 10.2. The van der Waals surface area contributed by atoms with E-state index in [-0.39, 0.29) is 22.3 Å². The Labute approximate surface area is 85.8 Å². The third kappa shape index (κ3) is 1.88. The van der Waals surface area contributed by atoms with E-state index in [4.69, 9.17) is 22.1 Å². The first kappa shape index (κ1) is 10.6. The molecule has 0 bridgehead atoms. The van der Waals surface area contributed by atoms with Crippen molar-refractivity contribution in [3.8, 4) is 5.88 Å². The minimum Gasteiger partial charge on any atom is -0.480 e. The number of hydrogen-bond donors (Lipinski definition) is 1. The highest BCUT2D eigenvalue weighted by atomic mass is 35.5. The fourth-order valence-electron chi connectivity index (χ4n) is 0.897. The Morgan fingerprint density at radius 2 is 2.21 bits per heavy atom. The number of ether oxygens (including phenoxy) is 2. The number of hydrogen-bond acceptors (Lipinski definition) is 5. The summed E-state index contributed by atoms with van der Waals surface area (Å²) in [5, 5.41) is 0.186. The summed E-state index contributed by atoms with van der Waals surface area (Å²) in [4.78, 5) is 15.0. The molecule has 0 atom stereocenters. The molecule has 0 radical (unpaired) electrons. The van der Waals surface area contributed by atoms with Gasteiger partial charge in [0.1, 0.15) is 11.4 Å². The molecule has 0 aliphatic rings. The van der Waals surface area contributed by atoms with Gasteiger partial charge in [-0.1, -0.05) is 11.6 Å². The van der Waals surface area contributed by atoms with E-state index in [1.54, 1.807) is 0 Å². The first-order chi connectivity index (χ1) is 6.60. The number of carbonyl (C=O) groups excluding carboxylic acids is 1. The number of methoxy groups -OCH3 is 2. The standard InChI is InChI=1S/C8H9ClN2O3/c1-13-7-4(8(12)14-2)3-5(9)6(10)11-7/h3H,1-2H3,(H2,10,11). The highest BCUT2D eigenvalue weighted by Gasteiger charge is 2.16. The van der Waals surface area contributed by atoms with Gasteiger partial charge in [0.05, 0.1) is 19.2 Å². The van der Waals surface area contributed by atoms with E-state index >= 15 is 0 Å². The normalized spacial score (nSPS) is 9.64. The van der Waals surface area contributed by atoms with Crippen LogP contribution in [0.3, 0.4) is 0 Å². The van der Waals surface area contributed by atoms with Gasteiger partial charge in [-0.15, -0.1) is 0 Å². The number of pyridine rings is 1. The molecule has 0 aliphatic heterocycles. The molecule has 0 aromatic carbocycles. The van der Waals surface area contributed by atoms with Gasteiger partial charge in [-0.25, -0.2) is 4.79 Å². The van der Waals surface area contributed by atoms with Crippen LogP contribution in [0.15, 0.2) is 6.07 Å². The highest BCUT2D eigenvalue weighted by molar-refractivity contribution is 6.33. The molecular weight excluding hydrogens is 208 g/mol. The number of halogens is 1. The fourth-order valence-corrected chi connectivity index (χ4v) is 1.05. The highest BCUT2D eigenvalue weighted by Crippen LogP contribution is 2.25. The van der Waals surface area contributed by atoms with Gasteiger partial charge in [0.15, 0.2) is 0 Å². The summed E-state index contributed by atoms with van der Waals surface area (Å²) in [7, 11) is 2.63. The molecule has 1 aromatic heterocycles. The molecule has 6 heteroatoms. The summed E-state index contributed by atoms with van der Waals surface area (Å²) in [5.41, 5.74) is 5.58. The minimum atomic E-state index is -0.573. The predicted octanol–water partition coefficient (Wildman–Crippen LogP) is 1.11. The van der Waals surface area contributed by atoms with Gasteiger partial charge in [0, 0.05) is 0 Å². The Balaban J connectivity index is 3.27. The molecule has 1 aromatic rings. The number of carbonyl (C=O) groups is 1. The average Bonchev–Trinajstić information content (AvgIpc) is 2.20. The van der Waals surface area contributed by atoms with Crippen molar-refractivity contribution < 1.29 is 14.3 Å². The van der Waals surface area contributed by atoms with Crippen LogP contribution in [0.25, 0.3) is 0 Å². The molecule has 0 saturated carbocycles. The van der Waals surface area contributed by atoms with Gasteiger partial charge < -0.3 is 15.2 Å². The Morgan fingerprint density at radius 3 is 2.71 bits per heavy atom. The van der Waals surface area contributed by atoms with Gasteiger partial charge in [0.25, 0.3) is 0 Å². The lowest BCUT2D eigenvalue weighted by molar-refractivity contribution is 0.0596. The molecule has 14 heavy (non-hydrogen) atoms. The summed E-state index contributed by atoms with van der Waals surface area (Å²) in [6, 6.07) is 1.36. The van der Waals surface area contributed by atoms with Crippen molar-refractivity contribution in [2.24, 2.45) is 0 Å². The van der Waals surface area contributed by atoms with E-state index in [0.717, 1.165) is 0 Å². The van der Waals surface area contributed by atoms with E-state index < -0.39 is 5.97 Å². The van der Waals surface area contributed by atoms with Crippen molar-refractivity contribution >= 4 is 23.4 Å². The number of aromatic nitrogens is 1. The first-order valence-electron chi connectivity index (χ1n) is 3.68. The maximum absolute atomic E-state index is 11.2. The molecule has 1 rings (SSSR count). The lowest BCUT2D eigenvalue weighted by Gasteiger charge is -2.07. The van der Waals surface area contributed by atoms with Crippen molar-refractivity contribution in [3.05, 3.63) is 16.7 Å². The molecule has 0 unspecified atom stereocenters. The van der Waals surface area contributed by atoms with Crippen LogP contribution in [0, 0.1) is 0 Å². The quantitative estimate of drug-likeness (QED) is 0.750. The van der Waals surface area contributed by atoms with Crippen LogP contribution in [0.4, 0.5) is 5.82 Å². The SMILES string of the molecule is COC(=O)c1cc(Cl)c(N)nc1OC. The molecule has 76 valence electrons. The number of esters is 1. The number of rotatable bonds is 2. The molecule has 0 saturated heterocycles. The van der Waals surface area contributed by atoms with Gasteiger partial charge in [0.2, 0.25) is 5.88 Å². The summed E-state index contributed by atoms with van der Waals surface area (Å²) in [6.07, 6.45) is 0. The van der Waals surface area contributed by atoms with E-state index in [9.17, 15) is 4.79 Å². The van der Waals surface area contributed by atoms with Crippen molar-refractivity contribution in [2.75, 3.05) is 20.0 Å². The van der Waals surface area contributed by atoms with Crippen molar-refractivity contribution in [1.29, 1.82) is 0 Å². The van der Waals surface area contributed by atoms with E-state index in [1.807, 2.05) is 0 Å². The van der Waals surface area contributed by atoms with E-state index in [0.29, 0.717) is 0 Å². The van der Waals surface area contributed by atoms with Crippen LogP contribution < -0.4 is 10.5 Å². The first-order valence-corrected chi connectivity index (χ1v) is 4.06. The molecule has 2 N–H and O–H groups in total. The monoisotopic (exact) mass is 216 g/mol. The predicted molar refractivity (Wildman–Crippen MR) is 51.6 cm³/mol. The lowest BCUT2D eigenvalue weighted by Crippen LogP contribution is -2.07. The number of nitrogens with two attached hydrogens (primary N) is 1. The van der Waals surface area contributed by atoms with Crippen LogP contribution >= 0.6 is 11.6 Å². The number of nitrogen functional groups attached to an aromatic ring is 1. The van der Waals surface area contributed by atoms with Crippen molar-refractivity contribution in [1.82, 2.24) is 4.98 Å². The van der Waals surface area contributed by atoms with E-state index in [2.05, 4.69) is 9.72 Å². The van der Waals surface area contributed by atoms with Crippen LogP contribution in [-0.4, -0.2) is 25.2 Å². The van der Waals surface area contributed by atoms with Crippen LogP contribution in [0.5, 0.6) is 5.88 Å². The summed E-state index contributed by atoms with van der Waals surface area (Å²) >= 11 is 5.69. The Morgan fingerprint density at radius 1 is 1.57 bits per heavy atom. The maximum Gasteiger partial charge on any atom is 0.343 e. The Hall–Kier alpha value is -1.49. The molecule has 5 nitrogen and oxygen atoms in total. The van der Waals surface area contributed by atoms with Crippen molar-refractivity contribution in [2.45, 2.75) is 0 Å². The van der Waals surface area contributed by atoms with Crippen molar-refractivity contribution in [3.63, 3.8) is 0 Å². The number of anilines is 1. The van der Waals surface area contributed by atoms with Crippen LogP contribution in [0.1, 0.15) is 10.4 Å². The van der Waals surface area contributed by atoms with Gasteiger partial charge in [-0.2, -0.15) is 4.98 Å². The second kappa shape index (κ2) is 4.15. The Bertz CT molecular complexity index is 368. The zero-order valence-corrected chi connectivity index (χ0v) is 8.46. The molecule has 0 amide bonds. The topological polar surface area (TPSA) is 74.4 Å². The summed E-state index contributed by atoms with van der Waals surface area (Å²) in [6.45, 7) is 0. The van der Waals surface area contributed by atoms with Gasteiger partial charge in [-0.3, -0.25) is 0 Å². The molecule has 0 aliphatic carbocycles. The van der Waals surface area contributed by atoms with E-state index in [1.165, 1.54) is 20.3 Å². The second-order valence-corrected chi connectivity index (χ2v) is 2.81. The Kier molecular flexibility index (Phi) is 3.14. The van der Waals surface area contributed by atoms with Gasteiger partial charge in [-0.05, 0) is 6.07 Å². The number of nitrogens with zero attached hydrogens (tertiary/aromatic N) is 1. The van der Waals surface area contributed by atoms with Crippen LogP contribution in [0.2, 0.25) is 5.02 Å². The van der Waals surface area contributed by atoms with Crippen LogP contribution in [-0.2, 0) is 4.74 Å². The summed E-state index contributed by atoms with van der Waals surface area (Å²) < 4.78 is 9.37. The van der Waals surface area contributed by atoms with Gasteiger partial charge >= 0.3 is 5.97 Å². The molecule has 0 spiro atoms. The zero-order chi connectivity index (χ0) is 10.7. The third-order valence-electron chi connectivity index (χ3n) is 1.57. The fraction of sp³-hybridized carbons (Fsp3) is 0.250. The largest absolute Gasteiger partial charge is 0.480 e. The molecular formula is C8H9ClN2O3. The smallest absolute Gasteiger partial charge is 0.343 e. The zero-order valence-electron chi connectivity index (χ0n) is 7.70. The third-order valence-corrected chi connectivity index (χ3v) is 1.87. The molecule has 0 fully saturated rings. The maximum atomic E-state index is 11.2. The second-order valence-electron chi connectivity index (χ2n) is 2.40. The average molecular weight is 217 g/mol. The summed E-state index contributed by atoms with van der Waals surface area (Å²) in [5.74, 6) is -0.369.